The number of rotatable bonds is 2. The Balaban J connectivity index is 1.79. The molecule has 1 aliphatic carbocycles. The van der Waals surface area contributed by atoms with E-state index < -0.39 is 0 Å². The molecular weight excluding hydrogens is 320 g/mol. The number of hydrogen-bond acceptors (Lipinski definition) is 5. The third-order valence-electron chi connectivity index (χ3n) is 4.57. The number of thiophene rings is 1. The van der Waals surface area contributed by atoms with Gasteiger partial charge < -0.3 is 0 Å². The molecule has 3 aromatic rings. The van der Waals surface area contributed by atoms with E-state index in [1.54, 1.807) is 23.5 Å². The first-order chi connectivity index (χ1) is 11.7. The number of aromatic nitrogens is 3. The number of nitriles is 1. The van der Waals surface area contributed by atoms with Crippen LogP contribution in [0.25, 0.3) is 10.2 Å². The van der Waals surface area contributed by atoms with Crippen LogP contribution in [0, 0.1) is 17.2 Å². The summed E-state index contributed by atoms with van der Waals surface area (Å²) < 4.78 is 1.41. The lowest BCUT2D eigenvalue weighted by Gasteiger charge is -2.17. The maximum atomic E-state index is 12.9. The molecule has 6 heteroatoms. The Labute approximate surface area is 143 Å². The third-order valence-corrected chi connectivity index (χ3v) is 5.71. The maximum Gasteiger partial charge on any atom is 0.279 e. The zero-order valence-corrected chi connectivity index (χ0v) is 14.1. The highest BCUT2D eigenvalue weighted by molar-refractivity contribution is 7.18. The molecule has 0 amide bonds. The van der Waals surface area contributed by atoms with E-state index in [4.69, 9.17) is 5.26 Å². The maximum absolute atomic E-state index is 12.9. The third kappa shape index (κ3) is 2.51. The summed E-state index contributed by atoms with van der Waals surface area (Å²) in [6.07, 6.45) is 3.09. The highest BCUT2D eigenvalue weighted by Crippen LogP contribution is 2.35. The SMILES string of the molecule is CC1CCc2c(sc3nnn(Cc4cccc(C#N)c4)c(=O)c23)C1. The van der Waals surface area contributed by atoms with Crippen molar-refractivity contribution >= 4 is 21.6 Å². The number of hydrogen-bond donors (Lipinski definition) is 0. The van der Waals surface area contributed by atoms with E-state index in [0.717, 1.165) is 35.0 Å². The summed E-state index contributed by atoms with van der Waals surface area (Å²) in [5.41, 5.74) is 2.56. The monoisotopic (exact) mass is 336 g/mol. The van der Waals surface area contributed by atoms with Crippen molar-refractivity contribution < 1.29 is 0 Å². The first-order valence-corrected chi connectivity index (χ1v) is 8.84. The van der Waals surface area contributed by atoms with Crippen molar-refractivity contribution in [3.63, 3.8) is 0 Å². The molecule has 24 heavy (non-hydrogen) atoms. The van der Waals surface area contributed by atoms with Crippen LogP contribution < -0.4 is 5.56 Å². The number of fused-ring (bicyclic) bond motifs is 3. The van der Waals surface area contributed by atoms with Gasteiger partial charge in [0.15, 0.2) is 4.83 Å². The second-order valence-corrected chi connectivity index (χ2v) is 7.48. The first kappa shape index (κ1) is 15.0. The van der Waals surface area contributed by atoms with Gasteiger partial charge in [-0.15, -0.1) is 16.4 Å². The molecule has 0 saturated carbocycles. The Kier molecular flexibility index (Phi) is 3.66. The first-order valence-electron chi connectivity index (χ1n) is 8.03. The lowest BCUT2D eigenvalue weighted by molar-refractivity contribution is 0.508. The van der Waals surface area contributed by atoms with Crippen molar-refractivity contribution in [3.05, 3.63) is 56.2 Å². The van der Waals surface area contributed by atoms with Crippen molar-refractivity contribution in [2.45, 2.75) is 32.7 Å². The number of nitrogens with zero attached hydrogens (tertiary/aromatic N) is 4. The van der Waals surface area contributed by atoms with E-state index in [-0.39, 0.29) is 5.56 Å². The minimum absolute atomic E-state index is 0.0746. The summed E-state index contributed by atoms with van der Waals surface area (Å²) in [6.45, 7) is 2.58. The van der Waals surface area contributed by atoms with Crippen LogP contribution >= 0.6 is 11.3 Å². The molecule has 4 rings (SSSR count). The highest BCUT2D eigenvalue weighted by Gasteiger charge is 2.23. The smallest absolute Gasteiger partial charge is 0.267 e. The molecular formula is C18H16N4OS. The van der Waals surface area contributed by atoms with Gasteiger partial charge in [0.2, 0.25) is 0 Å². The van der Waals surface area contributed by atoms with Crippen molar-refractivity contribution in [2.75, 3.05) is 0 Å². The zero-order chi connectivity index (χ0) is 16.7. The van der Waals surface area contributed by atoms with E-state index in [1.807, 2.05) is 12.1 Å². The van der Waals surface area contributed by atoms with E-state index in [1.165, 1.54) is 15.1 Å². The number of benzene rings is 1. The molecule has 120 valence electrons. The van der Waals surface area contributed by atoms with Gasteiger partial charge in [0, 0.05) is 4.88 Å². The van der Waals surface area contributed by atoms with E-state index in [0.29, 0.717) is 18.0 Å². The molecule has 0 fully saturated rings. The van der Waals surface area contributed by atoms with Crippen LogP contribution in [0.1, 0.15) is 34.9 Å². The Hall–Kier alpha value is -2.52. The second-order valence-electron chi connectivity index (χ2n) is 6.40. The lowest BCUT2D eigenvalue weighted by atomic mass is 9.89. The minimum atomic E-state index is -0.0746. The normalized spacial score (nSPS) is 16.8. The molecule has 0 radical (unpaired) electrons. The molecule has 1 unspecified atom stereocenters. The van der Waals surface area contributed by atoms with Gasteiger partial charge in [-0.1, -0.05) is 24.3 Å². The van der Waals surface area contributed by atoms with Crippen LogP contribution in [0.5, 0.6) is 0 Å². The average molecular weight is 336 g/mol. The van der Waals surface area contributed by atoms with Crippen LogP contribution in [-0.2, 0) is 19.4 Å². The molecule has 0 aliphatic heterocycles. The topological polar surface area (TPSA) is 71.6 Å². The van der Waals surface area contributed by atoms with Crippen LogP contribution in [0.2, 0.25) is 0 Å². The molecule has 0 saturated heterocycles. The molecule has 1 atom stereocenters. The van der Waals surface area contributed by atoms with Crippen molar-refractivity contribution in [2.24, 2.45) is 5.92 Å². The van der Waals surface area contributed by atoms with Crippen LogP contribution in [0.15, 0.2) is 29.1 Å². The van der Waals surface area contributed by atoms with Crippen LogP contribution in [0.4, 0.5) is 0 Å². The Morgan fingerprint density at radius 3 is 3.17 bits per heavy atom. The van der Waals surface area contributed by atoms with Crippen LogP contribution in [0.3, 0.4) is 0 Å². The molecule has 0 N–H and O–H groups in total. The van der Waals surface area contributed by atoms with E-state index in [9.17, 15) is 4.79 Å². The van der Waals surface area contributed by atoms with Crippen LogP contribution in [-0.4, -0.2) is 15.0 Å². The van der Waals surface area contributed by atoms with Gasteiger partial charge in [0.25, 0.3) is 5.56 Å². The molecule has 2 heterocycles. The van der Waals surface area contributed by atoms with Gasteiger partial charge in [-0.3, -0.25) is 4.79 Å². The summed E-state index contributed by atoms with van der Waals surface area (Å²) in [4.78, 5) is 14.9. The predicted octanol–water partition coefficient (Wildman–Crippen LogP) is 2.90. The summed E-state index contributed by atoms with van der Waals surface area (Å²) in [7, 11) is 0. The fourth-order valence-corrected chi connectivity index (χ4v) is 4.63. The van der Waals surface area contributed by atoms with Gasteiger partial charge in [0.1, 0.15) is 0 Å². The molecule has 2 aromatic heterocycles. The molecule has 1 aliphatic rings. The summed E-state index contributed by atoms with van der Waals surface area (Å²) >= 11 is 1.61. The highest BCUT2D eigenvalue weighted by atomic mass is 32.1. The van der Waals surface area contributed by atoms with Gasteiger partial charge in [-0.25, -0.2) is 4.68 Å². The second kappa shape index (κ2) is 5.84. The molecule has 5 nitrogen and oxygen atoms in total. The minimum Gasteiger partial charge on any atom is -0.267 e. The van der Waals surface area contributed by atoms with E-state index in [2.05, 4.69) is 23.3 Å². The fraction of sp³-hybridized carbons (Fsp3) is 0.333. The predicted molar refractivity (Wildman–Crippen MR) is 93.1 cm³/mol. The molecule has 1 aromatic carbocycles. The van der Waals surface area contributed by atoms with Gasteiger partial charge in [0.05, 0.1) is 23.6 Å². The lowest BCUT2D eigenvalue weighted by Crippen LogP contribution is -2.25. The Morgan fingerprint density at radius 2 is 2.33 bits per heavy atom. The summed E-state index contributed by atoms with van der Waals surface area (Å²) in [6, 6.07) is 9.36. The summed E-state index contributed by atoms with van der Waals surface area (Å²) in [5.74, 6) is 0.662. The molecule has 0 spiro atoms. The molecule has 0 bridgehead atoms. The quantitative estimate of drug-likeness (QED) is 0.721. The van der Waals surface area contributed by atoms with Crippen molar-refractivity contribution in [1.29, 1.82) is 5.26 Å². The largest absolute Gasteiger partial charge is 0.279 e. The fourth-order valence-electron chi connectivity index (χ4n) is 3.31. The standard InChI is InChI=1S/C18H16N4OS/c1-11-5-6-14-15(7-11)24-17-16(14)18(23)22(21-20-17)10-13-4-2-3-12(8-13)9-19/h2-4,8,11H,5-7,10H2,1H3. The van der Waals surface area contributed by atoms with E-state index >= 15 is 0 Å². The summed E-state index contributed by atoms with van der Waals surface area (Å²) in [5, 5.41) is 18.1. The van der Waals surface area contributed by atoms with Gasteiger partial charge in [-0.05, 0) is 48.4 Å². The van der Waals surface area contributed by atoms with Crippen molar-refractivity contribution in [1.82, 2.24) is 15.0 Å². The number of aryl methyl sites for hydroxylation is 1. The van der Waals surface area contributed by atoms with Crippen molar-refractivity contribution in [3.8, 4) is 6.07 Å². The van der Waals surface area contributed by atoms with Gasteiger partial charge in [-0.2, -0.15) is 5.26 Å². The van der Waals surface area contributed by atoms with Gasteiger partial charge >= 0.3 is 0 Å². The Bertz CT molecular complexity index is 1030. The average Bonchev–Trinajstić information content (AvgIpc) is 2.95. The zero-order valence-electron chi connectivity index (χ0n) is 13.3. The Morgan fingerprint density at radius 1 is 1.46 bits per heavy atom.